The van der Waals surface area contributed by atoms with Gasteiger partial charge >= 0.3 is 0 Å². The molecule has 0 aromatic heterocycles. The van der Waals surface area contributed by atoms with E-state index >= 15 is 0 Å². The first-order valence-electron chi connectivity index (χ1n) is 5.81. The van der Waals surface area contributed by atoms with Crippen LogP contribution < -0.4 is 0 Å². The van der Waals surface area contributed by atoms with Crippen molar-refractivity contribution in [2.24, 2.45) is 0 Å². The second-order valence-electron chi connectivity index (χ2n) is 5.20. The van der Waals surface area contributed by atoms with Crippen LogP contribution in [0.15, 0.2) is 30.3 Å². The van der Waals surface area contributed by atoms with Crippen molar-refractivity contribution in [2.45, 2.75) is 37.8 Å². The molecule has 1 aromatic carbocycles. The maximum absolute atomic E-state index is 12.3. The molecule has 0 saturated carbocycles. The van der Waals surface area contributed by atoms with Gasteiger partial charge in [0.2, 0.25) is 6.23 Å². The molecule has 0 radical (unpaired) electrons. The van der Waals surface area contributed by atoms with E-state index in [-0.39, 0.29) is 10.8 Å². The monoisotopic (exact) mass is 267 g/mol. The zero-order chi connectivity index (χ0) is 13.3. The van der Waals surface area contributed by atoms with E-state index in [1.807, 2.05) is 51.1 Å². The summed E-state index contributed by atoms with van der Waals surface area (Å²) in [6, 6.07) is 9.56. The van der Waals surface area contributed by atoms with Crippen LogP contribution in [-0.2, 0) is 20.9 Å². The van der Waals surface area contributed by atoms with E-state index < -0.39 is 17.6 Å². The third-order valence-electron chi connectivity index (χ3n) is 2.76. The molecule has 4 nitrogen and oxygen atoms in total. The van der Waals surface area contributed by atoms with Gasteiger partial charge in [0, 0.05) is 0 Å². The Bertz CT molecular complexity index is 418. The molecule has 1 aromatic rings. The van der Waals surface area contributed by atoms with E-state index in [2.05, 4.69) is 0 Å². The third kappa shape index (κ3) is 2.53. The Labute approximate surface area is 110 Å². The summed E-state index contributed by atoms with van der Waals surface area (Å²) >= 11 is -1.19. The molecule has 3 unspecified atom stereocenters. The Balaban J connectivity index is 2.18. The molecule has 4 atom stereocenters. The number of hydrogen-bond acceptors (Lipinski definition) is 4. The molecule has 1 aliphatic rings. The fraction of sp³-hybridized carbons (Fsp3) is 0.462. The van der Waals surface area contributed by atoms with E-state index in [4.69, 9.17) is 4.74 Å². The highest BCUT2D eigenvalue weighted by Gasteiger charge is 2.62. The number of ether oxygens (including phenoxy) is 1. The summed E-state index contributed by atoms with van der Waals surface area (Å²) in [5.41, 5.74) is 1.02. The maximum Gasteiger partial charge on any atom is 0.294 e. The molecule has 0 aliphatic carbocycles. The number of rotatable bonds is 4. The predicted molar refractivity (Wildman–Crippen MR) is 69.9 cm³/mol. The normalized spacial score (nSPS) is 28.6. The molecule has 1 fully saturated rings. The van der Waals surface area contributed by atoms with Crippen molar-refractivity contribution < 1.29 is 14.1 Å². The van der Waals surface area contributed by atoms with Crippen molar-refractivity contribution in [3.8, 4) is 0 Å². The summed E-state index contributed by atoms with van der Waals surface area (Å²) in [7, 11) is 0. The van der Waals surface area contributed by atoms with Gasteiger partial charge in [0.15, 0.2) is 0 Å². The van der Waals surface area contributed by atoms with Crippen molar-refractivity contribution in [1.82, 2.24) is 4.31 Å². The van der Waals surface area contributed by atoms with E-state index in [9.17, 15) is 9.35 Å². The standard InChI is InChI=1S/C13H17NO3S/c1-13(2,3)18(16)14-11(12(14)17-9-15)10-7-5-4-6-8-10/h4-9,11-12H,1-3H3/t11?,12-,14?,18?/m0/s1. The summed E-state index contributed by atoms with van der Waals surface area (Å²) < 4.78 is 18.7. The molecule has 98 valence electrons. The molecular formula is C13H17NO3S. The molecule has 2 rings (SSSR count). The fourth-order valence-corrected chi connectivity index (χ4v) is 3.22. The number of carbonyl (C=O) groups excluding carboxylic acids is 1. The van der Waals surface area contributed by atoms with Crippen molar-refractivity contribution in [3.63, 3.8) is 0 Å². The zero-order valence-corrected chi connectivity index (χ0v) is 11.5. The maximum atomic E-state index is 12.3. The van der Waals surface area contributed by atoms with Crippen molar-refractivity contribution in [3.05, 3.63) is 35.9 Å². The highest BCUT2D eigenvalue weighted by molar-refractivity contribution is 7.90. The lowest BCUT2D eigenvalue weighted by Gasteiger charge is -2.24. The largest absolute Gasteiger partial charge is 0.597 e. The molecule has 0 bridgehead atoms. The lowest BCUT2D eigenvalue weighted by molar-refractivity contribution is -0.130. The average Bonchev–Trinajstić information content (AvgIpc) is 3.02. The topological polar surface area (TPSA) is 52.4 Å². The first-order chi connectivity index (χ1) is 8.46. The van der Waals surface area contributed by atoms with Gasteiger partial charge in [0.25, 0.3) is 6.47 Å². The van der Waals surface area contributed by atoms with E-state index in [0.29, 0.717) is 6.47 Å². The van der Waals surface area contributed by atoms with Gasteiger partial charge in [-0.25, -0.2) is 0 Å². The second kappa shape index (κ2) is 4.91. The molecule has 1 saturated heterocycles. The summed E-state index contributed by atoms with van der Waals surface area (Å²) in [6.07, 6.45) is -0.412. The molecule has 18 heavy (non-hydrogen) atoms. The Morgan fingerprint density at radius 3 is 2.44 bits per heavy atom. The van der Waals surface area contributed by atoms with Gasteiger partial charge in [0.1, 0.15) is 10.8 Å². The number of hydrogen-bond donors (Lipinski definition) is 0. The van der Waals surface area contributed by atoms with Crippen LogP contribution in [0.25, 0.3) is 0 Å². The highest BCUT2D eigenvalue weighted by atomic mass is 32.2. The van der Waals surface area contributed by atoms with Crippen molar-refractivity contribution in [1.29, 1.82) is 0 Å². The Kier molecular flexibility index (Phi) is 3.66. The zero-order valence-electron chi connectivity index (χ0n) is 10.7. The van der Waals surface area contributed by atoms with Gasteiger partial charge < -0.3 is 9.29 Å². The number of carbonyl (C=O) groups is 1. The van der Waals surface area contributed by atoms with Crippen LogP contribution in [0.3, 0.4) is 0 Å². The smallest absolute Gasteiger partial charge is 0.294 e. The Morgan fingerprint density at radius 1 is 1.33 bits per heavy atom. The van der Waals surface area contributed by atoms with Gasteiger partial charge in [-0.1, -0.05) is 34.6 Å². The molecule has 5 heteroatoms. The van der Waals surface area contributed by atoms with E-state index in [0.717, 1.165) is 5.56 Å². The van der Waals surface area contributed by atoms with Crippen LogP contribution in [0.1, 0.15) is 32.4 Å². The van der Waals surface area contributed by atoms with E-state index in [1.54, 1.807) is 4.31 Å². The fourth-order valence-electron chi connectivity index (χ4n) is 1.86. The van der Waals surface area contributed by atoms with Gasteiger partial charge in [-0.05, 0) is 26.3 Å². The lowest BCUT2D eigenvalue weighted by Crippen LogP contribution is -2.34. The SMILES string of the molecule is CC(C)(C)[S+]([O-])N1C(c2ccccc2)[C@@H]1OC=O. The van der Waals surface area contributed by atoms with Crippen molar-refractivity contribution in [2.75, 3.05) is 0 Å². The minimum Gasteiger partial charge on any atom is -0.597 e. The molecule has 1 heterocycles. The molecule has 0 N–H and O–H groups in total. The highest BCUT2D eigenvalue weighted by Crippen LogP contribution is 2.48. The minimum atomic E-state index is -1.19. The summed E-state index contributed by atoms with van der Waals surface area (Å²) in [5.74, 6) is 0. The minimum absolute atomic E-state index is 0.101. The average molecular weight is 267 g/mol. The number of nitrogens with zero attached hydrogens (tertiary/aromatic N) is 1. The summed E-state index contributed by atoms with van der Waals surface area (Å²) in [5, 5.41) is 0. The molecule has 0 spiro atoms. The van der Waals surface area contributed by atoms with Crippen LogP contribution in [0.4, 0.5) is 0 Å². The first kappa shape index (κ1) is 13.4. The van der Waals surface area contributed by atoms with Gasteiger partial charge in [-0.3, -0.25) is 4.79 Å². The van der Waals surface area contributed by atoms with Crippen molar-refractivity contribution >= 4 is 17.8 Å². The van der Waals surface area contributed by atoms with Crippen LogP contribution in [0.2, 0.25) is 0 Å². The van der Waals surface area contributed by atoms with Crippen LogP contribution in [0, 0.1) is 0 Å². The first-order valence-corrected chi connectivity index (χ1v) is 6.92. The third-order valence-corrected chi connectivity index (χ3v) is 4.62. The van der Waals surface area contributed by atoms with Crippen LogP contribution in [-0.4, -0.2) is 26.3 Å². The Morgan fingerprint density at radius 2 is 1.94 bits per heavy atom. The molecular weight excluding hydrogens is 250 g/mol. The van der Waals surface area contributed by atoms with Crippen LogP contribution in [0.5, 0.6) is 0 Å². The molecule has 0 amide bonds. The summed E-state index contributed by atoms with van der Waals surface area (Å²) in [6.45, 7) is 6.13. The van der Waals surface area contributed by atoms with E-state index in [1.165, 1.54) is 0 Å². The van der Waals surface area contributed by atoms with Crippen LogP contribution >= 0.6 is 0 Å². The Hall–Kier alpha value is -1.04. The number of benzene rings is 1. The second-order valence-corrected chi connectivity index (χ2v) is 7.34. The molecule has 1 aliphatic heterocycles. The quantitative estimate of drug-likeness (QED) is 0.476. The van der Waals surface area contributed by atoms with Gasteiger partial charge in [0.05, 0.1) is 11.4 Å². The van der Waals surface area contributed by atoms with Gasteiger partial charge in [-0.2, -0.15) is 0 Å². The summed E-state index contributed by atoms with van der Waals surface area (Å²) in [4.78, 5) is 10.5. The lowest BCUT2D eigenvalue weighted by atomic mass is 10.1. The predicted octanol–water partition coefficient (Wildman–Crippen LogP) is 2.00. The van der Waals surface area contributed by atoms with Gasteiger partial charge in [-0.15, -0.1) is 0 Å².